The van der Waals surface area contributed by atoms with Crippen LogP contribution in [-0.2, 0) is 13.0 Å². The van der Waals surface area contributed by atoms with Gasteiger partial charge in [-0.05, 0) is 55.7 Å². The Morgan fingerprint density at radius 1 is 1.25 bits per heavy atom. The van der Waals surface area contributed by atoms with Crippen LogP contribution in [0.1, 0.15) is 62.0 Å². The Labute approximate surface area is 190 Å². The molecule has 0 unspecified atom stereocenters. The highest BCUT2D eigenvalue weighted by Gasteiger charge is 2.28. The molecule has 1 aromatic heterocycles. The predicted molar refractivity (Wildman–Crippen MR) is 116 cm³/mol. The minimum Gasteiger partial charge on any atom is -0.350 e. The third-order valence-corrected chi connectivity index (χ3v) is 6.44. The van der Waals surface area contributed by atoms with Crippen LogP contribution in [0, 0.1) is 17.7 Å². The van der Waals surface area contributed by atoms with E-state index in [1.807, 2.05) is 0 Å². The van der Waals surface area contributed by atoms with E-state index in [-0.39, 0.29) is 34.0 Å². The van der Waals surface area contributed by atoms with Crippen molar-refractivity contribution in [3.05, 3.63) is 40.3 Å². The fourth-order valence-corrected chi connectivity index (χ4v) is 4.44. The first-order valence-corrected chi connectivity index (χ1v) is 11.4. The van der Waals surface area contributed by atoms with E-state index in [9.17, 15) is 22.4 Å². The van der Waals surface area contributed by atoms with Crippen LogP contribution in [-0.4, -0.2) is 28.4 Å². The van der Waals surface area contributed by atoms with Crippen LogP contribution >= 0.6 is 11.6 Å². The molecule has 0 bridgehead atoms. The number of nitrogens with zero attached hydrogens (tertiary/aromatic N) is 2. The molecule has 1 aliphatic rings. The number of alkyl halides is 3. The molecule has 1 aromatic carbocycles. The van der Waals surface area contributed by atoms with Crippen molar-refractivity contribution in [1.82, 2.24) is 15.1 Å². The number of aromatic nitrogens is 2. The molecule has 2 aromatic rings. The summed E-state index contributed by atoms with van der Waals surface area (Å²) in [6.07, 6.45) is -1.22. The van der Waals surface area contributed by atoms with Crippen LogP contribution in [0.5, 0.6) is 0 Å². The van der Waals surface area contributed by atoms with E-state index >= 15 is 0 Å². The molecule has 1 aliphatic carbocycles. The Hall–Kier alpha value is -2.09. The van der Waals surface area contributed by atoms with Crippen molar-refractivity contribution >= 4 is 17.5 Å². The average molecular weight is 474 g/mol. The lowest BCUT2D eigenvalue weighted by Gasteiger charge is -2.26. The normalized spacial score (nSPS) is 19.2. The molecule has 176 valence electrons. The van der Waals surface area contributed by atoms with E-state index in [0.717, 1.165) is 31.7 Å². The molecule has 4 nitrogen and oxygen atoms in total. The number of amides is 1. The third-order valence-electron chi connectivity index (χ3n) is 6.08. The summed E-state index contributed by atoms with van der Waals surface area (Å²) in [6, 6.07) is 3.91. The molecule has 1 N–H and O–H groups in total. The third kappa shape index (κ3) is 6.03. The van der Waals surface area contributed by atoms with Crippen LogP contribution in [0.3, 0.4) is 0 Å². The van der Waals surface area contributed by atoms with Gasteiger partial charge in [0.05, 0.1) is 10.7 Å². The molecular weight excluding hydrogens is 446 g/mol. The van der Waals surface area contributed by atoms with Gasteiger partial charge in [0.15, 0.2) is 5.69 Å². The van der Waals surface area contributed by atoms with Crippen LogP contribution in [0.2, 0.25) is 5.02 Å². The molecule has 0 radical (unpaired) electrons. The second-order valence-electron chi connectivity index (χ2n) is 8.59. The van der Waals surface area contributed by atoms with Gasteiger partial charge in [0.2, 0.25) is 0 Å². The number of benzene rings is 1. The second kappa shape index (κ2) is 10.2. The zero-order chi connectivity index (χ0) is 23.5. The zero-order valence-electron chi connectivity index (χ0n) is 18.2. The van der Waals surface area contributed by atoms with Gasteiger partial charge in [0.25, 0.3) is 5.91 Å². The van der Waals surface area contributed by atoms with E-state index in [2.05, 4.69) is 17.3 Å². The first-order valence-electron chi connectivity index (χ1n) is 11.0. The molecule has 1 fully saturated rings. The molecule has 3 rings (SSSR count). The maximum absolute atomic E-state index is 14.8. The Morgan fingerprint density at radius 3 is 2.53 bits per heavy atom. The van der Waals surface area contributed by atoms with Gasteiger partial charge >= 0.3 is 6.18 Å². The number of halogens is 5. The largest absolute Gasteiger partial charge is 0.389 e. The molecule has 1 amide bonds. The topological polar surface area (TPSA) is 46.9 Å². The number of nitrogens with one attached hydrogen (secondary N) is 1. The first-order chi connectivity index (χ1) is 15.1. The maximum Gasteiger partial charge on any atom is 0.389 e. The number of carbonyl (C=O) groups is 1. The van der Waals surface area contributed by atoms with Crippen LogP contribution < -0.4 is 5.32 Å². The summed E-state index contributed by atoms with van der Waals surface area (Å²) in [5.74, 6) is 0.0195. The smallest absolute Gasteiger partial charge is 0.350 e. The number of aryl methyl sites for hydroxylation is 2. The molecule has 1 saturated carbocycles. The van der Waals surface area contributed by atoms with E-state index in [0.29, 0.717) is 24.9 Å². The van der Waals surface area contributed by atoms with Crippen molar-refractivity contribution in [1.29, 1.82) is 0 Å². The fourth-order valence-electron chi connectivity index (χ4n) is 4.12. The molecule has 0 aliphatic heterocycles. The lowest BCUT2D eigenvalue weighted by Crippen LogP contribution is -2.31. The summed E-state index contributed by atoms with van der Waals surface area (Å²) in [5, 5.41) is 7.20. The molecule has 1 heterocycles. The summed E-state index contributed by atoms with van der Waals surface area (Å²) < 4.78 is 53.6. The number of rotatable bonds is 7. The molecule has 0 spiro atoms. The number of carbonyl (C=O) groups excluding carboxylic acids is 1. The highest BCUT2D eigenvalue weighted by atomic mass is 35.5. The lowest BCUT2D eigenvalue weighted by molar-refractivity contribution is -0.134. The average Bonchev–Trinajstić information content (AvgIpc) is 3.07. The monoisotopic (exact) mass is 473 g/mol. The first kappa shape index (κ1) is 24.6. The Morgan fingerprint density at radius 2 is 1.94 bits per heavy atom. The minimum atomic E-state index is -4.31. The van der Waals surface area contributed by atoms with Crippen LogP contribution in [0.4, 0.5) is 17.6 Å². The Balaban J connectivity index is 1.77. The van der Waals surface area contributed by atoms with Gasteiger partial charge in [-0.3, -0.25) is 9.48 Å². The van der Waals surface area contributed by atoms with Crippen molar-refractivity contribution in [3.63, 3.8) is 0 Å². The summed E-state index contributed by atoms with van der Waals surface area (Å²) in [6.45, 7) is 4.90. The minimum absolute atomic E-state index is 0.0215. The van der Waals surface area contributed by atoms with E-state index < -0.39 is 24.3 Å². The van der Waals surface area contributed by atoms with Crippen molar-refractivity contribution in [2.24, 2.45) is 11.8 Å². The number of hydrogen-bond donors (Lipinski definition) is 1. The highest BCUT2D eigenvalue weighted by Crippen LogP contribution is 2.34. The van der Waals surface area contributed by atoms with Crippen LogP contribution in [0.15, 0.2) is 18.2 Å². The van der Waals surface area contributed by atoms with Crippen molar-refractivity contribution in [2.45, 2.75) is 65.1 Å². The Bertz CT molecular complexity index is 949. The summed E-state index contributed by atoms with van der Waals surface area (Å²) in [7, 11) is 0. The molecule has 0 atom stereocenters. The summed E-state index contributed by atoms with van der Waals surface area (Å²) in [5.41, 5.74) is 0.598. The standard InChI is InChI=1S/C23H28ClF4N3O/c1-3-31-21(17-9-8-15(12-18(17)25)10-11-23(26,27)28)19(24)20(30-31)22(32)29-13-16-6-4-14(2)5-7-16/h8-9,12,14,16H,3-7,10-11,13H2,1-2H3,(H,29,32). The van der Waals surface area contributed by atoms with Gasteiger partial charge in [-0.2, -0.15) is 18.3 Å². The quantitative estimate of drug-likeness (QED) is 0.472. The molecule has 32 heavy (non-hydrogen) atoms. The molecule has 0 saturated heterocycles. The van der Waals surface area contributed by atoms with Gasteiger partial charge in [-0.25, -0.2) is 4.39 Å². The summed E-state index contributed by atoms with van der Waals surface area (Å²) >= 11 is 6.45. The fraction of sp³-hybridized carbons (Fsp3) is 0.565. The van der Waals surface area contributed by atoms with E-state index in [1.165, 1.54) is 16.8 Å². The maximum atomic E-state index is 14.8. The van der Waals surface area contributed by atoms with Gasteiger partial charge < -0.3 is 5.32 Å². The molecular formula is C23H28ClF4N3O. The second-order valence-corrected chi connectivity index (χ2v) is 8.97. The van der Waals surface area contributed by atoms with Crippen LogP contribution in [0.25, 0.3) is 11.3 Å². The van der Waals surface area contributed by atoms with Crippen molar-refractivity contribution < 1.29 is 22.4 Å². The Kier molecular flexibility index (Phi) is 7.85. The van der Waals surface area contributed by atoms with E-state index in [1.54, 1.807) is 6.92 Å². The van der Waals surface area contributed by atoms with Gasteiger partial charge in [-0.1, -0.05) is 37.4 Å². The molecule has 9 heteroatoms. The van der Waals surface area contributed by atoms with Gasteiger partial charge in [-0.15, -0.1) is 0 Å². The lowest BCUT2D eigenvalue weighted by atomic mass is 9.83. The SMILES string of the molecule is CCn1nc(C(=O)NCC2CCC(C)CC2)c(Cl)c1-c1ccc(CCC(F)(F)F)cc1F. The van der Waals surface area contributed by atoms with Gasteiger partial charge in [0, 0.05) is 25.1 Å². The zero-order valence-corrected chi connectivity index (χ0v) is 19.0. The van der Waals surface area contributed by atoms with Crippen molar-refractivity contribution in [2.75, 3.05) is 6.54 Å². The summed E-state index contributed by atoms with van der Waals surface area (Å²) in [4.78, 5) is 12.7. The van der Waals surface area contributed by atoms with E-state index in [4.69, 9.17) is 11.6 Å². The van der Waals surface area contributed by atoms with Crippen molar-refractivity contribution in [3.8, 4) is 11.3 Å². The number of hydrogen-bond acceptors (Lipinski definition) is 2. The van der Waals surface area contributed by atoms with Gasteiger partial charge in [0.1, 0.15) is 5.82 Å². The highest BCUT2D eigenvalue weighted by molar-refractivity contribution is 6.36. The predicted octanol–water partition coefficient (Wildman–Crippen LogP) is 6.41.